The number of hydrogen-bond acceptors (Lipinski definition) is 0. The summed E-state index contributed by atoms with van der Waals surface area (Å²) in [6, 6.07) is 0. The molecule has 0 spiro atoms. The first-order chi connectivity index (χ1) is 4.00. The van der Waals surface area contributed by atoms with Crippen molar-refractivity contribution in [2.75, 3.05) is 0 Å². The van der Waals surface area contributed by atoms with Gasteiger partial charge in [0, 0.05) is 0 Å². The van der Waals surface area contributed by atoms with Crippen LogP contribution in [0.15, 0.2) is 0 Å². The number of rotatable bonds is 1. The SMILES string of the molecule is CC(F)F.CCC(C)C. The van der Waals surface area contributed by atoms with E-state index < -0.39 is 6.43 Å². The molecule has 9 heavy (non-hydrogen) atoms. The summed E-state index contributed by atoms with van der Waals surface area (Å²) in [6.45, 7) is 7.48. The van der Waals surface area contributed by atoms with Crippen LogP contribution in [0.2, 0.25) is 0 Å². The Morgan fingerprint density at radius 1 is 1.11 bits per heavy atom. The Morgan fingerprint density at radius 2 is 1.22 bits per heavy atom. The molecule has 0 atom stereocenters. The van der Waals surface area contributed by atoms with E-state index in [2.05, 4.69) is 20.8 Å². The summed E-state index contributed by atoms with van der Waals surface area (Å²) in [4.78, 5) is 0. The van der Waals surface area contributed by atoms with Gasteiger partial charge in [0.2, 0.25) is 6.43 Å². The molecule has 0 fully saturated rings. The highest BCUT2D eigenvalue weighted by atomic mass is 19.3. The van der Waals surface area contributed by atoms with Gasteiger partial charge in [-0.3, -0.25) is 0 Å². The maximum Gasteiger partial charge on any atom is 0.235 e. The maximum absolute atomic E-state index is 10.3. The van der Waals surface area contributed by atoms with Gasteiger partial charge in [-0.2, -0.15) is 0 Å². The molecule has 0 amide bonds. The molecular formula is C7H16F2. The molecule has 0 aromatic carbocycles. The smallest absolute Gasteiger partial charge is 0.211 e. The fourth-order valence-electron chi connectivity index (χ4n) is 0. The fraction of sp³-hybridized carbons (Fsp3) is 1.00. The lowest BCUT2D eigenvalue weighted by Gasteiger charge is -1.90. The summed E-state index contributed by atoms with van der Waals surface area (Å²) in [5.74, 6) is 0.884. The normalized spacial score (nSPS) is 9.33. The van der Waals surface area contributed by atoms with E-state index in [-0.39, 0.29) is 0 Å². The van der Waals surface area contributed by atoms with Crippen LogP contribution in [-0.2, 0) is 0 Å². The minimum atomic E-state index is -2.17. The molecule has 0 saturated heterocycles. The van der Waals surface area contributed by atoms with E-state index in [1.807, 2.05) is 0 Å². The third-order valence-electron chi connectivity index (χ3n) is 0.816. The Morgan fingerprint density at radius 3 is 1.22 bits per heavy atom. The van der Waals surface area contributed by atoms with Crippen LogP contribution in [0.4, 0.5) is 8.78 Å². The summed E-state index contributed by atoms with van der Waals surface area (Å²) in [5, 5.41) is 0. The fourth-order valence-corrected chi connectivity index (χ4v) is 0. The summed E-state index contributed by atoms with van der Waals surface area (Å²) in [5.41, 5.74) is 0. The highest BCUT2D eigenvalue weighted by Gasteiger charge is 1.80. The second kappa shape index (κ2) is 7.86. The Labute approximate surface area is 56.3 Å². The minimum Gasteiger partial charge on any atom is -0.211 e. The zero-order valence-electron chi connectivity index (χ0n) is 6.62. The van der Waals surface area contributed by atoms with E-state index in [1.54, 1.807) is 0 Å². The third-order valence-corrected chi connectivity index (χ3v) is 0.816. The van der Waals surface area contributed by atoms with Gasteiger partial charge in [0.1, 0.15) is 0 Å². The van der Waals surface area contributed by atoms with Gasteiger partial charge in [0.05, 0.1) is 0 Å². The van der Waals surface area contributed by atoms with Gasteiger partial charge in [0.15, 0.2) is 0 Å². The van der Waals surface area contributed by atoms with Crippen molar-refractivity contribution < 1.29 is 8.78 Å². The Balaban J connectivity index is 0. The van der Waals surface area contributed by atoms with Crippen molar-refractivity contribution in [1.82, 2.24) is 0 Å². The molecule has 0 aliphatic carbocycles. The predicted octanol–water partition coefficient (Wildman–Crippen LogP) is 3.32. The molecule has 0 aliphatic rings. The van der Waals surface area contributed by atoms with Crippen LogP contribution in [0.25, 0.3) is 0 Å². The van der Waals surface area contributed by atoms with Crippen molar-refractivity contribution >= 4 is 0 Å². The molecule has 0 radical (unpaired) electrons. The molecule has 0 aromatic heterocycles. The zero-order valence-corrected chi connectivity index (χ0v) is 6.62. The highest BCUT2D eigenvalue weighted by Crippen LogP contribution is 1.93. The van der Waals surface area contributed by atoms with Crippen molar-refractivity contribution in [2.45, 2.75) is 40.5 Å². The van der Waals surface area contributed by atoms with E-state index in [9.17, 15) is 8.78 Å². The Kier molecular flexibility index (Phi) is 10.2. The summed E-state index contributed by atoms with van der Waals surface area (Å²) >= 11 is 0. The van der Waals surface area contributed by atoms with Crippen LogP contribution in [0, 0.1) is 5.92 Å². The maximum atomic E-state index is 10.3. The quantitative estimate of drug-likeness (QED) is 0.521. The first kappa shape index (κ1) is 11.6. The standard InChI is InChI=1S/C5H12.C2H4F2/c1-4-5(2)3;1-2(3)4/h5H,4H2,1-3H3;2H,1H3. The third kappa shape index (κ3) is 78.0. The average Bonchev–Trinajstić information content (AvgIpc) is 1.65. The number of alkyl halides is 2. The Bertz CT molecular complexity index is 39.4. The molecule has 0 aromatic rings. The van der Waals surface area contributed by atoms with E-state index in [0.29, 0.717) is 0 Å². The molecule has 0 aliphatic heterocycles. The number of hydrogen-bond donors (Lipinski definition) is 0. The van der Waals surface area contributed by atoms with Gasteiger partial charge in [-0.15, -0.1) is 0 Å². The average molecular weight is 138 g/mol. The molecule has 0 unspecified atom stereocenters. The first-order valence-electron chi connectivity index (χ1n) is 3.28. The summed E-state index contributed by atoms with van der Waals surface area (Å²) in [7, 11) is 0. The van der Waals surface area contributed by atoms with Crippen LogP contribution >= 0.6 is 0 Å². The predicted molar refractivity (Wildman–Crippen MR) is 36.8 cm³/mol. The topological polar surface area (TPSA) is 0 Å². The zero-order chi connectivity index (χ0) is 7.86. The van der Waals surface area contributed by atoms with E-state index >= 15 is 0 Å². The molecule has 0 N–H and O–H groups in total. The van der Waals surface area contributed by atoms with Crippen LogP contribution in [-0.4, -0.2) is 6.43 Å². The van der Waals surface area contributed by atoms with Crippen LogP contribution in [0.1, 0.15) is 34.1 Å². The molecule has 0 heterocycles. The lowest BCUT2D eigenvalue weighted by molar-refractivity contribution is 0.171. The Hall–Kier alpha value is -0.140. The van der Waals surface area contributed by atoms with E-state index in [4.69, 9.17) is 0 Å². The van der Waals surface area contributed by atoms with Crippen molar-refractivity contribution in [2.24, 2.45) is 5.92 Å². The largest absolute Gasteiger partial charge is 0.235 e. The van der Waals surface area contributed by atoms with Crippen LogP contribution in [0.3, 0.4) is 0 Å². The molecule has 0 nitrogen and oxygen atoms in total. The molecule has 0 bridgehead atoms. The second-order valence-corrected chi connectivity index (χ2v) is 2.32. The van der Waals surface area contributed by atoms with Crippen molar-refractivity contribution in [1.29, 1.82) is 0 Å². The molecule has 0 rings (SSSR count). The van der Waals surface area contributed by atoms with Crippen LogP contribution in [0.5, 0.6) is 0 Å². The van der Waals surface area contributed by atoms with Gasteiger partial charge < -0.3 is 0 Å². The van der Waals surface area contributed by atoms with E-state index in [0.717, 1.165) is 12.8 Å². The second-order valence-electron chi connectivity index (χ2n) is 2.32. The van der Waals surface area contributed by atoms with Gasteiger partial charge in [0.25, 0.3) is 0 Å². The molecule has 0 saturated carbocycles. The van der Waals surface area contributed by atoms with Gasteiger partial charge in [-0.1, -0.05) is 27.2 Å². The lowest BCUT2D eigenvalue weighted by atomic mass is 10.2. The summed E-state index contributed by atoms with van der Waals surface area (Å²) in [6.07, 6.45) is -0.861. The minimum absolute atomic E-state index is 0.833. The lowest BCUT2D eigenvalue weighted by Crippen LogP contribution is -1.77. The van der Waals surface area contributed by atoms with Gasteiger partial charge >= 0.3 is 0 Å². The van der Waals surface area contributed by atoms with Crippen molar-refractivity contribution in [3.05, 3.63) is 0 Å². The monoisotopic (exact) mass is 138 g/mol. The van der Waals surface area contributed by atoms with E-state index in [1.165, 1.54) is 6.42 Å². The van der Waals surface area contributed by atoms with Crippen LogP contribution < -0.4 is 0 Å². The molecular weight excluding hydrogens is 122 g/mol. The van der Waals surface area contributed by atoms with Crippen molar-refractivity contribution in [3.8, 4) is 0 Å². The van der Waals surface area contributed by atoms with Crippen molar-refractivity contribution in [3.63, 3.8) is 0 Å². The molecule has 2 heteroatoms. The highest BCUT2D eigenvalue weighted by molar-refractivity contribution is 4.32. The molecule has 58 valence electrons. The van der Waals surface area contributed by atoms with Gasteiger partial charge in [-0.05, 0) is 12.8 Å². The van der Waals surface area contributed by atoms with Gasteiger partial charge in [-0.25, -0.2) is 8.78 Å². The first-order valence-corrected chi connectivity index (χ1v) is 3.28. The number of halogens is 2. The summed E-state index contributed by atoms with van der Waals surface area (Å²) < 4.78 is 20.7.